The van der Waals surface area contributed by atoms with Gasteiger partial charge in [-0.05, 0) is 29.8 Å². The SMILES string of the molecule is COc1ccc(CN(C)c2cccc(C(=N)N)c2)cc1. The molecule has 0 heterocycles. The number of nitrogens with two attached hydrogens (primary N) is 1. The minimum absolute atomic E-state index is 0.0877. The van der Waals surface area contributed by atoms with Crippen molar-refractivity contribution in [3.8, 4) is 5.75 Å². The van der Waals surface area contributed by atoms with Crippen LogP contribution >= 0.6 is 0 Å². The molecule has 4 nitrogen and oxygen atoms in total. The molecule has 104 valence electrons. The van der Waals surface area contributed by atoms with Crippen LogP contribution in [-0.2, 0) is 6.54 Å². The molecule has 0 saturated heterocycles. The van der Waals surface area contributed by atoms with Crippen molar-refractivity contribution in [3.05, 3.63) is 59.7 Å². The Balaban J connectivity index is 2.12. The molecule has 0 aliphatic heterocycles. The number of nitrogen functional groups attached to an aromatic ring is 1. The van der Waals surface area contributed by atoms with E-state index >= 15 is 0 Å². The summed E-state index contributed by atoms with van der Waals surface area (Å²) in [5, 5.41) is 7.48. The summed E-state index contributed by atoms with van der Waals surface area (Å²) in [7, 11) is 3.68. The second kappa shape index (κ2) is 6.10. The van der Waals surface area contributed by atoms with Crippen molar-refractivity contribution in [2.75, 3.05) is 19.1 Å². The summed E-state index contributed by atoms with van der Waals surface area (Å²) in [6.07, 6.45) is 0. The van der Waals surface area contributed by atoms with E-state index < -0.39 is 0 Å². The van der Waals surface area contributed by atoms with Crippen LogP contribution in [0.25, 0.3) is 0 Å². The summed E-state index contributed by atoms with van der Waals surface area (Å²) in [4.78, 5) is 2.12. The molecule has 0 fully saturated rings. The van der Waals surface area contributed by atoms with Crippen LogP contribution in [-0.4, -0.2) is 20.0 Å². The lowest BCUT2D eigenvalue weighted by atomic mass is 10.1. The van der Waals surface area contributed by atoms with E-state index in [4.69, 9.17) is 15.9 Å². The van der Waals surface area contributed by atoms with E-state index in [1.807, 2.05) is 55.6 Å². The van der Waals surface area contributed by atoms with Crippen molar-refractivity contribution >= 4 is 11.5 Å². The minimum Gasteiger partial charge on any atom is -0.497 e. The number of anilines is 1. The van der Waals surface area contributed by atoms with E-state index in [1.165, 1.54) is 5.56 Å². The molecule has 2 aromatic carbocycles. The van der Waals surface area contributed by atoms with Gasteiger partial charge in [0.05, 0.1) is 7.11 Å². The van der Waals surface area contributed by atoms with Crippen LogP contribution in [0.3, 0.4) is 0 Å². The zero-order valence-corrected chi connectivity index (χ0v) is 11.8. The Hall–Kier alpha value is -2.49. The van der Waals surface area contributed by atoms with E-state index in [2.05, 4.69) is 4.90 Å². The summed E-state index contributed by atoms with van der Waals surface area (Å²) < 4.78 is 5.15. The molecule has 2 aromatic rings. The number of rotatable bonds is 5. The summed E-state index contributed by atoms with van der Waals surface area (Å²) in [5.41, 5.74) is 8.49. The van der Waals surface area contributed by atoms with Gasteiger partial charge in [0.25, 0.3) is 0 Å². The van der Waals surface area contributed by atoms with Gasteiger partial charge in [-0.3, -0.25) is 5.41 Å². The molecule has 0 unspecified atom stereocenters. The van der Waals surface area contributed by atoms with Crippen molar-refractivity contribution < 1.29 is 4.74 Å². The van der Waals surface area contributed by atoms with Crippen molar-refractivity contribution in [3.63, 3.8) is 0 Å². The molecule has 0 bridgehead atoms. The van der Waals surface area contributed by atoms with Gasteiger partial charge in [-0.15, -0.1) is 0 Å². The predicted molar refractivity (Wildman–Crippen MR) is 82.6 cm³/mol. The van der Waals surface area contributed by atoms with Gasteiger partial charge >= 0.3 is 0 Å². The normalized spacial score (nSPS) is 10.1. The van der Waals surface area contributed by atoms with E-state index in [-0.39, 0.29) is 5.84 Å². The average molecular weight is 269 g/mol. The number of benzene rings is 2. The quantitative estimate of drug-likeness (QED) is 0.648. The van der Waals surface area contributed by atoms with Gasteiger partial charge in [0, 0.05) is 24.8 Å². The van der Waals surface area contributed by atoms with Crippen LogP contribution in [0.2, 0.25) is 0 Å². The molecular formula is C16H19N3O. The highest BCUT2D eigenvalue weighted by Gasteiger charge is 2.04. The number of nitrogens with one attached hydrogen (secondary N) is 1. The highest BCUT2D eigenvalue weighted by Crippen LogP contribution is 2.18. The molecule has 0 aliphatic carbocycles. The Labute approximate surface area is 119 Å². The maximum absolute atomic E-state index is 7.48. The van der Waals surface area contributed by atoms with Gasteiger partial charge in [-0.1, -0.05) is 24.3 Å². The maximum Gasteiger partial charge on any atom is 0.122 e. The second-order valence-electron chi connectivity index (χ2n) is 4.67. The Morgan fingerprint density at radius 1 is 1.20 bits per heavy atom. The standard InChI is InChI=1S/C16H19N3O/c1-19(11-12-6-8-15(20-2)9-7-12)14-5-3-4-13(10-14)16(17)18/h3-10H,11H2,1-2H3,(H3,17,18). The minimum atomic E-state index is 0.0877. The van der Waals surface area contributed by atoms with Gasteiger partial charge in [0.1, 0.15) is 11.6 Å². The summed E-state index contributed by atoms with van der Waals surface area (Å²) in [6.45, 7) is 0.783. The van der Waals surface area contributed by atoms with Gasteiger partial charge in [-0.2, -0.15) is 0 Å². The van der Waals surface area contributed by atoms with Crippen LogP contribution in [0.4, 0.5) is 5.69 Å². The molecule has 0 saturated carbocycles. The van der Waals surface area contributed by atoms with Crippen molar-refractivity contribution in [2.45, 2.75) is 6.54 Å². The first kappa shape index (κ1) is 13.9. The third kappa shape index (κ3) is 3.29. The number of nitrogens with zero attached hydrogens (tertiary/aromatic N) is 1. The smallest absolute Gasteiger partial charge is 0.122 e. The van der Waals surface area contributed by atoms with Crippen molar-refractivity contribution in [1.82, 2.24) is 0 Å². The molecule has 3 N–H and O–H groups in total. The molecule has 0 amide bonds. The second-order valence-corrected chi connectivity index (χ2v) is 4.67. The fourth-order valence-corrected chi connectivity index (χ4v) is 2.01. The molecule has 2 rings (SSSR count). The Bertz CT molecular complexity index is 593. The van der Waals surface area contributed by atoms with Crippen LogP contribution in [0.1, 0.15) is 11.1 Å². The highest BCUT2D eigenvalue weighted by atomic mass is 16.5. The number of hydrogen-bond donors (Lipinski definition) is 2. The Kier molecular flexibility index (Phi) is 4.25. The molecule has 0 spiro atoms. The van der Waals surface area contributed by atoms with E-state index in [9.17, 15) is 0 Å². The van der Waals surface area contributed by atoms with Gasteiger partial charge < -0.3 is 15.4 Å². The monoisotopic (exact) mass is 269 g/mol. The number of hydrogen-bond acceptors (Lipinski definition) is 3. The van der Waals surface area contributed by atoms with Crippen LogP contribution < -0.4 is 15.4 Å². The lowest BCUT2D eigenvalue weighted by Gasteiger charge is -2.20. The molecule has 0 aliphatic rings. The number of ether oxygens (including phenoxy) is 1. The number of amidine groups is 1. The zero-order valence-electron chi connectivity index (χ0n) is 11.8. The van der Waals surface area contributed by atoms with Crippen LogP contribution in [0, 0.1) is 5.41 Å². The first-order valence-corrected chi connectivity index (χ1v) is 6.38. The van der Waals surface area contributed by atoms with Crippen LogP contribution in [0.15, 0.2) is 48.5 Å². The van der Waals surface area contributed by atoms with E-state index in [0.717, 1.165) is 23.5 Å². The first-order valence-electron chi connectivity index (χ1n) is 6.38. The van der Waals surface area contributed by atoms with E-state index in [0.29, 0.717) is 0 Å². The molecular weight excluding hydrogens is 250 g/mol. The Morgan fingerprint density at radius 2 is 1.90 bits per heavy atom. The lowest BCUT2D eigenvalue weighted by Crippen LogP contribution is -2.18. The van der Waals surface area contributed by atoms with Gasteiger partial charge in [0.15, 0.2) is 0 Å². The van der Waals surface area contributed by atoms with Crippen molar-refractivity contribution in [1.29, 1.82) is 5.41 Å². The topological polar surface area (TPSA) is 62.3 Å². The molecule has 4 heteroatoms. The van der Waals surface area contributed by atoms with Crippen molar-refractivity contribution in [2.24, 2.45) is 5.73 Å². The first-order chi connectivity index (χ1) is 9.60. The molecule has 0 aromatic heterocycles. The average Bonchev–Trinajstić information content (AvgIpc) is 2.48. The lowest BCUT2D eigenvalue weighted by molar-refractivity contribution is 0.414. The highest BCUT2D eigenvalue weighted by molar-refractivity contribution is 5.95. The summed E-state index contributed by atoms with van der Waals surface area (Å²) in [5.74, 6) is 0.944. The van der Waals surface area contributed by atoms with E-state index in [1.54, 1.807) is 7.11 Å². The zero-order chi connectivity index (χ0) is 14.5. The van der Waals surface area contributed by atoms with Gasteiger partial charge in [-0.25, -0.2) is 0 Å². The molecule has 0 atom stereocenters. The fourth-order valence-electron chi connectivity index (χ4n) is 2.01. The summed E-state index contributed by atoms with van der Waals surface area (Å²) in [6, 6.07) is 15.7. The molecule has 20 heavy (non-hydrogen) atoms. The van der Waals surface area contributed by atoms with Gasteiger partial charge in [0.2, 0.25) is 0 Å². The third-order valence-electron chi connectivity index (χ3n) is 3.18. The maximum atomic E-state index is 7.48. The third-order valence-corrected chi connectivity index (χ3v) is 3.18. The largest absolute Gasteiger partial charge is 0.497 e. The molecule has 0 radical (unpaired) electrons. The number of methoxy groups -OCH3 is 1. The summed E-state index contributed by atoms with van der Waals surface area (Å²) >= 11 is 0. The Morgan fingerprint density at radius 3 is 2.50 bits per heavy atom. The fraction of sp³-hybridized carbons (Fsp3) is 0.188. The van der Waals surface area contributed by atoms with Crippen LogP contribution in [0.5, 0.6) is 5.75 Å². The predicted octanol–water partition coefficient (Wildman–Crippen LogP) is 2.62.